The summed E-state index contributed by atoms with van der Waals surface area (Å²) in [5, 5.41) is 3.29. The van der Waals surface area contributed by atoms with Crippen molar-refractivity contribution in [2.24, 2.45) is 0 Å². The summed E-state index contributed by atoms with van der Waals surface area (Å²) < 4.78 is 27.8. The lowest BCUT2D eigenvalue weighted by Gasteiger charge is -2.06. The Labute approximate surface area is 116 Å². The van der Waals surface area contributed by atoms with E-state index in [4.69, 9.17) is 0 Å². The molecule has 0 saturated carbocycles. The zero-order valence-electron chi connectivity index (χ0n) is 11.3. The molecule has 0 atom stereocenters. The number of hydrogen-bond donors (Lipinski definition) is 1. The first-order chi connectivity index (χ1) is 8.99. The molecule has 1 aromatic heterocycles. The number of benzene rings is 1. The molecule has 4 heteroatoms. The van der Waals surface area contributed by atoms with Gasteiger partial charge < -0.3 is 5.32 Å². The molecule has 1 aromatic carbocycles. The maximum atomic E-state index is 14.0. The number of hydrogen-bond acceptors (Lipinski definition) is 2. The highest BCUT2D eigenvalue weighted by Crippen LogP contribution is 2.33. The normalized spacial score (nSPS) is 11.3. The van der Waals surface area contributed by atoms with Gasteiger partial charge in [-0.1, -0.05) is 19.9 Å². The molecule has 0 aliphatic heterocycles. The number of nitrogens with one attached hydrogen (secondary N) is 1. The predicted molar refractivity (Wildman–Crippen MR) is 76.4 cm³/mol. The lowest BCUT2D eigenvalue weighted by Crippen LogP contribution is -2.21. The van der Waals surface area contributed by atoms with Gasteiger partial charge in [-0.3, -0.25) is 0 Å². The van der Waals surface area contributed by atoms with Gasteiger partial charge in [0.25, 0.3) is 0 Å². The van der Waals surface area contributed by atoms with Gasteiger partial charge in [0.1, 0.15) is 11.6 Å². The van der Waals surface area contributed by atoms with Crippen LogP contribution in [0.1, 0.15) is 24.3 Å². The van der Waals surface area contributed by atoms with E-state index in [1.807, 2.05) is 6.07 Å². The fraction of sp³-hybridized carbons (Fsp3) is 0.333. The Morgan fingerprint density at radius 3 is 2.58 bits per heavy atom. The van der Waals surface area contributed by atoms with Crippen molar-refractivity contribution in [3.05, 3.63) is 46.3 Å². The van der Waals surface area contributed by atoms with E-state index >= 15 is 0 Å². The summed E-state index contributed by atoms with van der Waals surface area (Å²) in [6.07, 6.45) is 0. The molecule has 0 aliphatic carbocycles. The van der Waals surface area contributed by atoms with Crippen molar-refractivity contribution in [1.82, 2.24) is 5.32 Å². The molecule has 0 aliphatic rings. The summed E-state index contributed by atoms with van der Waals surface area (Å²) in [4.78, 5) is 1.71. The minimum absolute atomic E-state index is 0.0841. The molecule has 0 saturated heterocycles. The molecule has 0 spiro atoms. The molecular formula is C15H17F2NS. The molecule has 1 N–H and O–H groups in total. The standard InChI is InChI=1S/C15H17F2NS/c1-9(2)18-8-11-5-7-13(19-11)14-12(16)6-4-10(3)15(14)17/h4-7,9,18H,8H2,1-3H3. The van der Waals surface area contributed by atoms with Gasteiger partial charge in [0.2, 0.25) is 0 Å². The van der Waals surface area contributed by atoms with Crippen LogP contribution in [0, 0.1) is 18.6 Å². The molecule has 2 rings (SSSR count). The maximum absolute atomic E-state index is 14.0. The van der Waals surface area contributed by atoms with E-state index in [1.165, 1.54) is 23.5 Å². The van der Waals surface area contributed by atoms with Crippen LogP contribution in [0.3, 0.4) is 0 Å². The maximum Gasteiger partial charge on any atom is 0.137 e. The zero-order chi connectivity index (χ0) is 14.0. The first-order valence-electron chi connectivity index (χ1n) is 6.26. The quantitative estimate of drug-likeness (QED) is 0.870. The summed E-state index contributed by atoms with van der Waals surface area (Å²) >= 11 is 1.42. The van der Waals surface area contributed by atoms with Crippen molar-refractivity contribution in [1.29, 1.82) is 0 Å². The first-order valence-corrected chi connectivity index (χ1v) is 7.07. The molecular weight excluding hydrogens is 264 g/mol. The number of thiophene rings is 1. The van der Waals surface area contributed by atoms with Crippen LogP contribution >= 0.6 is 11.3 Å². The Kier molecular flexibility index (Phi) is 4.32. The highest BCUT2D eigenvalue weighted by molar-refractivity contribution is 7.15. The lowest BCUT2D eigenvalue weighted by atomic mass is 10.1. The molecule has 0 amide bonds. The summed E-state index contributed by atoms with van der Waals surface area (Å²) in [6.45, 7) is 6.49. The Hall–Kier alpha value is -1.26. The van der Waals surface area contributed by atoms with E-state index in [0.29, 0.717) is 16.5 Å². The van der Waals surface area contributed by atoms with Crippen molar-refractivity contribution < 1.29 is 8.78 Å². The highest BCUT2D eigenvalue weighted by Gasteiger charge is 2.15. The Morgan fingerprint density at radius 1 is 1.16 bits per heavy atom. The minimum atomic E-state index is -0.506. The van der Waals surface area contributed by atoms with Crippen LogP contribution in [0.4, 0.5) is 8.78 Å². The monoisotopic (exact) mass is 281 g/mol. The van der Waals surface area contributed by atoms with Crippen molar-refractivity contribution in [2.45, 2.75) is 33.4 Å². The minimum Gasteiger partial charge on any atom is -0.310 e. The topological polar surface area (TPSA) is 12.0 Å². The van der Waals surface area contributed by atoms with Crippen molar-refractivity contribution in [2.75, 3.05) is 0 Å². The smallest absolute Gasteiger partial charge is 0.137 e. The van der Waals surface area contributed by atoms with Gasteiger partial charge in [-0.25, -0.2) is 8.78 Å². The highest BCUT2D eigenvalue weighted by atomic mass is 32.1. The zero-order valence-corrected chi connectivity index (χ0v) is 12.1. The lowest BCUT2D eigenvalue weighted by molar-refractivity contribution is 0.584. The van der Waals surface area contributed by atoms with E-state index in [2.05, 4.69) is 19.2 Å². The molecule has 0 fully saturated rings. The first kappa shape index (κ1) is 14.2. The van der Waals surface area contributed by atoms with Crippen molar-refractivity contribution in [3.8, 4) is 10.4 Å². The summed E-state index contributed by atoms with van der Waals surface area (Å²) in [5.74, 6) is -0.974. The number of rotatable bonds is 4. The van der Waals surface area contributed by atoms with E-state index in [1.54, 1.807) is 13.0 Å². The SMILES string of the molecule is Cc1ccc(F)c(-c2ccc(CNC(C)C)s2)c1F. The second-order valence-corrected chi connectivity index (χ2v) is 6.02. The summed E-state index contributed by atoms with van der Waals surface area (Å²) in [6, 6.07) is 6.86. The fourth-order valence-corrected chi connectivity index (χ4v) is 2.79. The van der Waals surface area contributed by atoms with Crippen molar-refractivity contribution >= 4 is 11.3 Å². The largest absolute Gasteiger partial charge is 0.310 e. The van der Waals surface area contributed by atoms with Crippen molar-refractivity contribution in [3.63, 3.8) is 0 Å². The van der Waals surface area contributed by atoms with E-state index in [9.17, 15) is 8.78 Å². The number of aryl methyl sites for hydroxylation is 1. The van der Waals surface area contributed by atoms with Crippen LogP contribution < -0.4 is 5.32 Å². The molecule has 0 radical (unpaired) electrons. The van der Waals surface area contributed by atoms with E-state index < -0.39 is 11.6 Å². The van der Waals surface area contributed by atoms with Gasteiger partial charge in [0.15, 0.2) is 0 Å². The third kappa shape index (κ3) is 3.19. The molecule has 102 valence electrons. The average molecular weight is 281 g/mol. The summed E-state index contributed by atoms with van der Waals surface area (Å²) in [5.41, 5.74) is 0.549. The van der Waals surface area contributed by atoms with Gasteiger partial charge in [0, 0.05) is 22.3 Å². The van der Waals surface area contributed by atoms with E-state index in [0.717, 1.165) is 11.4 Å². The van der Waals surface area contributed by atoms with Crippen LogP contribution in [0.15, 0.2) is 24.3 Å². The second-order valence-electron chi connectivity index (χ2n) is 4.85. The molecule has 0 unspecified atom stereocenters. The van der Waals surface area contributed by atoms with Crippen LogP contribution in [-0.2, 0) is 6.54 Å². The Morgan fingerprint density at radius 2 is 1.89 bits per heavy atom. The average Bonchev–Trinajstić information content (AvgIpc) is 2.80. The fourth-order valence-electron chi connectivity index (χ4n) is 1.79. The summed E-state index contributed by atoms with van der Waals surface area (Å²) in [7, 11) is 0. The van der Waals surface area contributed by atoms with Gasteiger partial charge in [0.05, 0.1) is 5.56 Å². The Bertz CT molecular complexity index is 576. The van der Waals surface area contributed by atoms with Crippen LogP contribution in [-0.4, -0.2) is 6.04 Å². The third-order valence-corrected chi connectivity index (χ3v) is 3.98. The van der Waals surface area contributed by atoms with Crippen LogP contribution in [0.5, 0.6) is 0 Å². The second kappa shape index (κ2) is 5.80. The Balaban J connectivity index is 2.30. The third-order valence-electron chi connectivity index (χ3n) is 2.88. The van der Waals surface area contributed by atoms with Gasteiger partial charge in [-0.2, -0.15) is 0 Å². The van der Waals surface area contributed by atoms with Gasteiger partial charge >= 0.3 is 0 Å². The molecule has 0 bridgehead atoms. The van der Waals surface area contributed by atoms with Crippen LogP contribution in [0.2, 0.25) is 0 Å². The molecule has 19 heavy (non-hydrogen) atoms. The molecule has 1 nitrogen and oxygen atoms in total. The predicted octanol–water partition coefficient (Wildman–Crippen LogP) is 4.50. The van der Waals surface area contributed by atoms with E-state index in [-0.39, 0.29) is 5.56 Å². The molecule has 1 heterocycles. The van der Waals surface area contributed by atoms with Gasteiger partial charge in [-0.15, -0.1) is 11.3 Å². The number of halogens is 2. The molecule has 2 aromatic rings. The van der Waals surface area contributed by atoms with Crippen LogP contribution in [0.25, 0.3) is 10.4 Å². The van der Waals surface area contributed by atoms with Gasteiger partial charge in [-0.05, 0) is 30.7 Å².